The Morgan fingerprint density at radius 1 is 1.06 bits per heavy atom. The molecule has 3 aromatic rings. The Labute approximate surface area is 190 Å². The monoisotopic (exact) mass is 483 g/mol. The van der Waals surface area contributed by atoms with E-state index in [1.807, 2.05) is 42.1 Å². The van der Waals surface area contributed by atoms with Crippen molar-refractivity contribution in [3.05, 3.63) is 92.6 Å². The molecule has 4 rings (SSSR count). The molecule has 0 spiro atoms. The van der Waals surface area contributed by atoms with Crippen molar-refractivity contribution in [3.8, 4) is 5.69 Å². The molecule has 0 saturated carbocycles. The smallest absolute Gasteiger partial charge is 0.286 e. The quantitative estimate of drug-likeness (QED) is 0.470. The molecule has 162 valence electrons. The van der Waals surface area contributed by atoms with Crippen LogP contribution in [0.2, 0.25) is 0 Å². The first kappa shape index (κ1) is 21.8. The molecule has 0 aliphatic carbocycles. The fourth-order valence-corrected chi connectivity index (χ4v) is 4.76. The SMILES string of the molecule is Cn1c(CN2CCC(C/C=C/c3ccc(F)cc3)CC2)c(Br)c(=O)n1-c1ccccc1. The molecule has 2 aromatic carbocycles. The molecule has 1 fully saturated rings. The summed E-state index contributed by atoms with van der Waals surface area (Å²) in [5, 5.41) is 0. The fourth-order valence-electron chi connectivity index (χ4n) is 4.21. The van der Waals surface area contributed by atoms with Crippen molar-refractivity contribution < 1.29 is 4.39 Å². The van der Waals surface area contributed by atoms with Crippen molar-refractivity contribution in [3.63, 3.8) is 0 Å². The zero-order valence-electron chi connectivity index (χ0n) is 17.7. The maximum atomic E-state index is 13.0. The van der Waals surface area contributed by atoms with Crippen molar-refractivity contribution in [2.24, 2.45) is 13.0 Å². The van der Waals surface area contributed by atoms with Crippen LogP contribution in [0.15, 0.2) is 69.9 Å². The number of rotatable bonds is 6. The van der Waals surface area contributed by atoms with E-state index in [-0.39, 0.29) is 11.4 Å². The van der Waals surface area contributed by atoms with Crippen LogP contribution in [0, 0.1) is 11.7 Å². The van der Waals surface area contributed by atoms with Gasteiger partial charge in [0.05, 0.1) is 11.4 Å². The van der Waals surface area contributed by atoms with E-state index < -0.39 is 0 Å². The molecule has 6 heteroatoms. The van der Waals surface area contributed by atoms with Crippen molar-refractivity contribution in [1.82, 2.24) is 14.3 Å². The number of para-hydroxylation sites is 1. The molecule has 1 aromatic heterocycles. The van der Waals surface area contributed by atoms with Gasteiger partial charge in [-0.3, -0.25) is 14.4 Å². The first-order valence-corrected chi connectivity index (χ1v) is 11.5. The van der Waals surface area contributed by atoms with Gasteiger partial charge in [-0.25, -0.2) is 9.07 Å². The number of hydrogen-bond donors (Lipinski definition) is 0. The van der Waals surface area contributed by atoms with Crippen LogP contribution in [-0.4, -0.2) is 27.4 Å². The second-order valence-electron chi connectivity index (χ2n) is 8.15. The van der Waals surface area contributed by atoms with Crippen LogP contribution in [0.1, 0.15) is 30.5 Å². The number of piperidine rings is 1. The lowest BCUT2D eigenvalue weighted by Crippen LogP contribution is -2.34. The van der Waals surface area contributed by atoms with E-state index in [9.17, 15) is 9.18 Å². The minimum absolute atomic E-state index is 0.0236. The maximum Gasteiger partial charge on any atom is 0.286 e. The number of halogens is 2. The highest BCUT2D eigenvalue weighted by atomic mass is 79.9. The third-order valence-electron chi connectivity index (χ3n) is 6.06. The minimum Gasteiger partial charge on any atom is -0.297 e. The maximum absolute atomic E-state index is 13.0. The van der Waals surface area contributed by atoms with Crippen LogP contribution in [-0.2, 0) is 13.6 Å². The summed E-state index contributed by atoms with van der Waals surface area (Å²) in [6.45, 7) is 2.79. The molecule has 4 nitrogen and oxygen atoms in total. The second kappa shape index (κ2) is 9.79. The van der Waals surface area contributed by atoms with Crippen LogP contribution in [0.5, 0.6) is 0 Å². The summed E-state index contributed by atoms with van der Waals surface area (Å²) >= 11 is 3.54. The summed E-state index contributed by atoms with van der Waals surface area (Å²) in [7, 11) is 1.95. The number of nitrogens with zero attached hydrogens (tertiary/aromatic N) is 3. The van der Waals surface area contributed by atoms with E-state index in [0.29, 0.717) is 10.4 Å². The lowest BCUT2D eigenvalue weighted by atomic mass is 9.93. The van der Waals surface area contributed by atoms with Gasteiger partial charge in [0.1, 0.15) is 10.3 Å². The molecule has 31 heavy (non-hydrogen) atoms. The lowest BCUT2D eigenvalue weighted by molar-refractivity contribution is 0.174. The van der Waals surface area contributed by atoms with Gasteiger partial charge in [0, 0.05) is 13.6 Å². The van der Waals surface area contributed by atoms with Crippen LogP contribution in [0.3, 0.4) is 0 Å². The number of likely N-dealkylation sites (tertiary alicyclic amines) is 1. The molecular formula is C25H27BrFN3O. The number of hydrogen-bond acceptors (Lipinski definition) is 2. The van der Waals surface area contributed by atoms with Crippen LogP contribution >= 0.6 is 15.9 Å². The molecule has 0 radical (unpaired) electrons. The van der Waals surface area contributed by atoms with Gasteiger partial charge < -0.3 is 0 Å². The van der Waals surface area contributed by atoms with Crippen LogP contribution in [0.4, 0.5) is 4.39 Å². The van der Waals surface area contributed by atoms with Crippen molar-refractivity contribution in [2.75, 3.05) is 13.1 Å². The largest absolute Gasteiger partial charge is 0.297 e. The van der Waals surface area contributed by atoms with Gasteiger partial charge in [-0.15, -0.1) is 0 Å². The summed E-state index contributed by atoms with van der Waals surface area (Å²) in [6.07, 6.45) is 7.59. The third-order valence-corrected chi connectivity index (χ3v) is 6.85. The molecule has 1 aliphatic heterocycles. The van der Waals surface area contributed by atoms with Gasteiger partial charge in [-0.1, -0.05) is 42.5 Å². The number of benzene rings is 2. The second-order valence-corrected chi connectivity index (χ2v) is 8.94. The van der Waals surface area contributed by atoms with E-state index in [1.54, 1.807) is 16.8 Å². The van der Waals surface area contributed by atoms with Crippen molar-refractivity contribution >= 4 is 22.0 Å². The first-order valence-electron chi connectivity index (χ1n) is 10.7. The average Bonchev–Trinajstić information content (AvgIpc) is 3.00. The molecule has 0 amide bonds. The Bertz CT molecular complexity index is 1090. The summed E-state index contributed by atoms with van der Waals surface area (Å²) < 4.78 is 17.3. The topological polar surface area (TPSA) is 30.2 Å². The average molecular weight is 484 g/mol. The van der Waals surface area contributed by atoms with Crippen LogP contribution < -0.4 is 5.56 Å². The Morgan fingerprint density at radius 3 is 2.42 bits per heavy atom. The van der Waals surface area contributed by atoms with Gasteiger partial charge in [0.15, 0.2) is 0 Å². The summed E-state index contributed by atoms with van der Waals surface area (Å²) in [4.78, 5) is 15.2. The van der Waals surface area contributed by atoms with Gasteiger partial charge in [0.25, 0.3) is 5.56 Å². The summed E-state index contributed by atoms with van der Waals surface area (Å²) in [5.41, 5.74) is 2.88. The predicted molar refractivity (Wildman–Crippen MR) is 127 cm³/mol. The van der Waals surface area contributed by atoms with E-state index >= 15 is 0 Å². The number of aromatic nitrogens is 2. The van der Waals surface area contributed by atoms with Gasteiger partial charge in [-0.2, -0.15) is 0 Å². The molecule has 0 unspecified atom stereocenters. The highest BCUT2D eigenvalue weighted by Crippen LogP contribution is 2.24. The Morgan fingerprint density at radius 2 is 1.74 bits per heavy atom. The summed E-state index contributed by atoms with van der Waals surface area (Å²) in [6, 6.07) is 16.3. The third kappa shape index (κ3) is 5.08. The van der Waals surface area contributed by atoms with E-state index in [4.69, 9.17) is 0 Å². The van der Waals surface area contributed by atoms with E-state index in [1.165, 1.54) is 12.1 Å². The molecule has 1 aliphatic rings. The zero-order valence-corrected chi connectivity index (χ0v) is 19.3. The predicted octanol–water partition coefficient (Wildman–Crippen LogP) is 5.39. The number of allylic oxidation sites excluding steroid dienone is 1. The molecule has 2 heterocycles. The first-order chi connectivity index (χ1) is 15.0. The fraction of sp³-hybridized carbons (Fsp3) is 0.320. The van der Waals surface area contributed by atoms with E-state index in [2.05, 4.69) is 33.0 Å². The Hall–Kier alpha value is -2.44. The minimum atomic E-state index is -0.201. The van der Waals surface area contributed by atoms with Gasteiger partial charge >= 0.3 is 0 Å². The summed E-state index contributed by atoms with van der Waals surface area (Å²) in [5.74, 6) is 0.460. The zero-order chi connectivity index (χ0) is 21.8. The molecule has 0 atom stereocenters. The van der Waals surface area contributed by atoms with Crippen LogP contribution in [0.25, 0.3) is 11.8 Å². The van der Waals surface area contributed by atoms with E-state index in [0.717, 1.165) is 55.8 Å². The molecule has 0 bridgehead atoms. The Balaban J connectivity index is 1.35. The normalized spacial score (nSPS) is 15.7. The standard InChI is InChI=1S/C25H27BrFN3O/c1-28-23(24(26)25(31)30(28)22-8-3-2-4-9-22)18-29-16-14-20(15-17-29)7-5-6-19-10-12-21(27)13-11-19/h2-6,8-13,20H,7,14-18H2,1H3/b6-5+. The van der Waals surface area contributed by atoms with Gasteiger partial charge in [0.2, 0.25) is 0 Å². The van der Waals surface area contributed by atoms with Crippen molar-refractivity contribution in [2.45, 2.75) is 25.8 Å². The highest BCUT2D eigenvalue weighted by molar-refractivity contribution is 9.10. The molecular weight excluding hydrogens is 457 g/mol. The molecule has 0 N–H and O–H groups in total. The Kier molecular flexibility index (Phi) is 6.88. The molecule has 1 saturated heterocycles. The lowest BCUT2D eigenvalue weighted by Gasteiger charge is -2.31. The highest BCUT2D eigenvalue weighted by Gasteiger charge is 2.23. The van der Waals surface area contributed by atoms with Crippen molar-refractivity contribution in [1.29, 1.82) is 0 Å². The van der Waals surface area contributed by atoms with Gasteiger partial charge in [-0.05, 0) is 84.0 Å².